The van der Waals surface area contributed by atoms with Gasteiger partial charge in [0.15, 0.2) is 0 Å². The summed E-state index contributed by atoms with van der Waals surface area (Å²) in [6.07, 6.45) is 12.4. The molecule has 1 fully saturated rings. The van der Waals surface area contributed by atoms with Crippen LogP contribution in [-0.4, -0.2) is 60.9 Å². The normalized spacial score (nSPS) is 17.3. The van der Waals surface area contributed by atoms with Crippen molar-refractivity contribution in [1.82, 2.24) is 25.2 Å². The maximum Gasteiger partial charge on any atom is 0.246 e. The molecule has 0 radical (unpaired) electrons. The van der Waals surface area contributed by atoms with Gasteiger partial charge in [-0.1, -0.05) is 84.4 Å². The minimum Gasteiger partial charge on any atom is -0.391 e. The van der Waals surface area contributed by atoms with E-state index in [0.717, 1.165) is 42.3 Å². The largest absolute Gasteiger partial charge is 0.391 e. The van der Waals surface area contributed by atoms with Crippen LogP contribution in [0.25, 0.3) is 17.1 Å². The third-order valence-corrected chi connectivity index (χ3v) is 9.65. The topological polar surface area (TPSA) is 154 Å². The maximum atomic E-state index is 14.4. The molecule has 0 saturated heterocycles. The number of amides is 3. The first kappa shape index (κ1) is 36.0. The molecule has 47 heavy (non-hydrogen) atoms. The van der Waals surface area contributed by atoms with E-state index in [4.69, 9.17) is 5.73 Å². The van der Waals surface area contributed by atoms with Crippen molar-refractivity contribution in [2.45, 2.75) is 104 Å². The standard InChI is InChI=1S/C37H52N6O4/c1-5-25(4)35(38)37(47)43(23-33-40-29-15-9-10-16-30(29)41-33)36(46)28(24(2)3)21-32(44)31(20-26-12-7-6-8-13-26)42-34(45)18-17-27-14-11-19-39-22-27/h9-11,14-19,22,24-26,28,31-32,35,44H,5-8,12-13,20-21,23,38H2,1-4H3,(H,40,41)(H,42,45)/b18-17+/t25?,28-,31-,32-,35-/m0/s1. The minimum atomic E-state index is -1.00. The number of hydrogen-bond acceptors (Lipinski definition) is 7. The summed E-state index contributed by atoms with van der Waals surface area (Å²) in [5.74, 6) is -1.35. The number of carbonyl (C=O) groups is 3. The van der Waals surface area contributed by atoms with Crippen LogP contribution in [0, 0.1) is 23.7 Å². The molecule has 3 aromatic rings. The van der Waals surface area contributed by atoms with E-state index in [2.05, 4.69) is 20.3 Å². The molecular weight excluding hydrogens is 592 g/mol. The third-order valence-electron chi connectivity index (χ3n) is 9.65. The summed E-state index contributed by atoms with van der Waals surface area (Å²) < 4.78 is 0. The number of nitrogens with zero attached hydrogens (tertiary/aromatic N) is 3. The van der Waals surface area contributed by atoms with E-state index in [1.807, 2.05) is 58.0 Å². The van der Waals surface area contributed by atoms with Crippen LogP contribution in [0.2, 0.25) is 0 Å². The highest BCUT2D eigenvalue weighted by Gasteiger charge is 2.38. The summed E-state index contributed by atoms with van der Waals surface area (Å²) in [5, 5.41) is 14.8. The quantitative estimate of drug-likeness (QED) is 0.162. The van der Waals surface area contributed by atoms with Gasteiger partial charge in [-0.2, -0.15) is 0 Å². The highest BCUT2D eigenvalue weighted by Crippen LogP contribution is 2.30. The Bertz CT molecular complexity index is 1450. The zero-order chi connectivity index (χ0) is 33.9. The number of hydrogen-bond donors (Lipinski definition) is 4. The number of benzene rings is 1. The number of para-hydroxylation sites is 2. The van der Waals surface area contributed by atoms with Crippen molar-refractivity contribution in [2.75, 3.05) is 0 Å². The molecule has 1 aliphatic rings. The molecule has 0 spiro atoms. The van der Waals surface area contributed by atoms with E-state index < -0.39 is 35.9 Å². The van der Waals surface area contributed by atoms with Crippen LogP contribution >= 0.6 is 0 Å². The van der Waals surface area contributed by atoms with Gasteiger partial charge in [0.25, 0.3) is 0 Å². The highest BCUT2D eigenvalue weighted by molar-refractivity contribution is 5.99. The van der Waals surface area contributed by atoms with E-state index >= 15 is 0 Å². The number of aromatic amines is 1. The van der Waals surface area contributed by atoms with Gasteiger partial charge in [-0.3, -0.25) is 24.3 Å². The number of imidazole rings is 1. The second-order valence-electron chi connectivity index (χ2n) is 13.5. The summed E-state index contributed by atoms with van der Waals surface area (Å²) in [4.78, 5) is 54.5. The molecule has 1 unspecified atom stereocenters. The van der Waals surface area contributed by atoms with E-state index in [0.29, 0.717) is 24.6 Å². The smallest absolute Gasteiger partial charge is 0.246 e. The number of nitrogens with one attached hydrogen (secondary N) is 2. The van der Waals surface area contributed by atoms with Crippen LogP contribution in [0.3, 0.4) is 0 Å². The Kier molecular flexibility index (Phi) is 13.2. The molecule has 5 atom stereocenters. The molecule has 1 aliphatic carbocycles. The zero-order valence-corrected chi connectivity index (χ0v) is 28.3. The predicted molar refractivity (Wildman–Crippen MR) is 184 cm³/mol. The van der Waals surface area contributed by atoms with E-state index in [1.165, 1.54) is 17.4 Å². The zero-order valence-electron chi connectivity index (χ0n) is 28.3. The first-order valence-electron chi connectivity index (χ1n) is 17.2. The highest BCUT2D eigenvalue weighted by atomic mass is 16.3. The maximum absolute atomic E-state index is 14.4. The molecule has 254 valence electrons. The van der Waals surface area contributed by atoms with Crippen LogP contribution in [0.15, 0.2) is 54.9 Å². The van der Waals surface area contributed by atoms with Crippen molar-refractivity contribution in [3.63, 3.8) is 0 Å². The molecule has 0 aliphatic heterocycles. The fraction of sp³-hybridized carbons (Fsp3) is 0.541. The number of aliphatic hydroxyl groups is 1. The Balaban J connectivity index is 1.57. The number of fused-ring (bicyclic) bond motifs is 1. The van der Waals surface area contributed by atoms with Crippen molar-refractivity contribution >= 4 is 34.8 Å². The van der Waals surface area contributed by atoms with Gasteiger partial charge in [0.2, 0.25) is 17.7 Å². The molecule has 10 nitrogen and oxygen atoms in total. The second-order valence-corrected chi connectivity index (χ2v) is 13.5. The second kappa shape index (κ2) is 17.3. The fourth-order valence-corrected chi connectivity index (χ4v) is 6.43. The van der Waals surface area contributed by atoms with Crippen LogP contribution < -0.4 is 11.1 Å². The Hall–Kier alpha value is -3.89. The Morgan fingerprint density at radius 2 is 1.83 bits per heavy atom. The van der Waals surface area contributed by atoms with Gasteiger partial charge < -0.3 is 21.1 Å². The Labute approximate surface area is 278 Å². The van der Waals surface area contributed by atoms with Gasteiger partial charge in [-0.25, -0.2) is 4.98 Å². The number of rotatable bonds is 15. The molecule has 10 heteroatoms. The van der Waals surface area contributed by atoms with Crippen molar-refractivity contribution in [3.05, 3.63) is 66.3 Å². The number of nitrogens with two attached hydrogens (primary N) is 1. The van der Waals surface area contributed by atoms with E-state index in [9.17, 15) is 19.5 Å². The number of H-pyrrole nitrogens is 1. The van der Waals surface area contributed by atoms with Gasteiger partial charge in [-0.15, -0.1) is 0 Å². The monoisotopic (exact) mass is 644 g/mol. The Morgan fingerprint density at radius 3 is 2.49 bits per heavy atom. The van der Waals surface area contributed by atoms with Gasteiger partial charge in [0, 0.05) is 24.4 Å². The summed E-state index contributed by atoms with van der Waals surface area (Å²) in [5.41, 5.74) is 8.75. The van der Waals surface area contributed by atoms with Crippen LogP contribution in [0.5, 0.6) is 0 Å². The Morgan fingerprint density at radius 1 is 1.09 bits per heavy atom. The van der Waals surface area contributed by atoms with Gasteiger partial charge in [0.05, 0.1) is 35.8 Å². The third kappa shape index (κ3) is 10.0. The molecule has 0 bridgehead atoms. The predicted octanol–water partition coefficient (Wildman–Crippen LogP) is 5.38. The number of aliphatic hydroxyl groups excluding tert-OH is 1. The number of imide groups is 1. The van der Waals surface area contributed by atoms with Crippen molar-refractivity contribution < 1.29 is 19.5 Å². The van der Waals surface area contributed by atoms with Gasteiger partial charge in [-0.05, 0) is 60.4 Å². The van der Waals surface area contributed by atoms with E-state index in [1.54, 1.807) is 24.5 Å². The molecule has 2 heterocycles. The molecule has 2 aromatic heterocycles. The molecule has 5 N–H and O–H groups in total. The molecule has 1 aromatic carbocycles. The number of carbonyl (C=O) groups excluding carboxylic acids is 3. The van der Waals surface area contributed by atoms with E-state index in [-0.39, 0.29) is 30.7 Å². The summed E-state index contributed by atoms with van der Waals surface area (Å²) in [6.45, 7) is 7.63. The lowest BCUT2D eigenvalue weighted by Crippen LogP contribution is -2.52. The number of pyridine rings is 1. The SMILES string of the molecule is CCC(C)[C@H](N)C(=O)N(Cc1nc2ccccc2[nH]1)C(=O)[C@@H](C[C@H](O)[C@H](CC1CCCCC1)NC(=O)/C=C/c1cccnc1)C(C)C. The lowest BCUT2D eigenvalue weighted by atomic mass is 9.81. The fourth-order valence-electron chi connectivity index (χ4n) is 6.43. The average Bonchev–Trinajstić information content (AvgIpc) is 3.50. The van der Waals surface area contributed by atoms with Crippen molar-refractivity contribution in [3.8, 4) is 0 Å². The van der Waals surface area contributed by atoms with Crippen molar-refractivity contribution in [1.29, 1.82) is 0 Å². The summed E-state index contributed by atoms with van der Waals surface area (Å²) in [7, 11) is 0. The lowest BCUT2D eigenvalue weighted by molar-refractivity contribution is -0.151. The first-order chi connectivity index (χ1) is 22.6. The van der Waals surface area contributed by atoms with Crippen LogP contribution in [-0.2, 0) is 20.9 Å². The lowest BCUT2D eigenvalue weighted by Gasteiger charge is -2.34. The average molecular weight is 645 g/mol. The van der Waals surface area contributed by atoms with Crippen molar-refractivity contribution in [2.24, 2.45) is 29.4 Å². The molecule has 1 saturated carbocycles. The van der Waals surface area contributed by atoms with Crippen LogP contribution in [0.4, 0.5) is 0 Å². The minimum absolute atomic E-state index is 0.0584. The molecule has 3 amide bonds. The molecular formula is C37H52N6O4. The summed E-state index contributed by atoms with van der Waals surface area (Å²) in [6, 6.07) is 9.77. The van der Waals surface area contributed by atoms with Gasteiger partial charge >= 0.3 is 0 Å². The van der Waals surface area contributed by atoms with Gasteiger partial charge in [0.1, 0.15) is 5.82 Å². The molecule has 4 rings (SSSR count). The first-order valence-corrected chi connectivity index (χ1v) is 17.2. The summed E-state index contributed by atoms with van der Waals surface area (Å²) >= 11 is 0. The number of aromatic nitrogens is 3. The van der Waals surface area contributed by atoms with Crippen LogP contribution in [0.1, 0.15) is 90.4 Å².